The van der Waals surface area contributed by atoms with E-state index in [2.05, 4.69) is 15.4 Å². The molecular formula is C27H28FN5O4S. The number of carboxylic acids is 1. The van der Waals surface area contributed by atoms with E-state index in [-0.39, 0.29) is 24.8 Å². The van der Waals surface area contributed by atoms with Crippen LogP contribution in [0, 0.1) is 18.7 Å². The van der Waals surface area contributed by atoms with E-state index in [0.717, 1.165) is 11.3 Å². The molecule has 1 aliphatic carbocycles. The van der Waals surface area contributed by atoms with E-state index >= 15 is 0 Å². The Hall–Kier alpha value is -3.86. The molecule has 0 fully saturated rings. The van der Waals surface area contributed by atoms with Gasteiger partial charge in [-0.15, -0.1) is 11.3 Å². The number of carbonyl (C=O) groups excluding carboxylic acids is 1. The summed E-state index contributed by atoms with van der Waals surface area (Å²) in [6.07, 6.45) is 5.57. The monoisotopic (exact) mass is 537 g/mol. The first-order valence-electron chi connectivity index (χ1n) is 12.5. The standard InChI is InChI=1S/C27H28FN5O4S/c1-3-37-27(36)22-23(16-7-8-20-17(13-16)14-33(32-20)11-9-21(34)35)30-25(26-29-10-12-38-26)31-24(22)18-5-4-6-19(28)15(18)2/h4-6,10,12,14,16,24H,3,7-9,11,13H2,1-2H3,(H,30,31)(H,34,35). The summed E-state index contributed by atoms with van der Waals surface area (Å²) in [6.45, 7) is 3.92. The lowest BCUT2D eigenvalue weighted by atomic mass is 9.81. The van der Waals surface area contributed by atoms with Gasteiger partial charge in [0.05, 0.1) is 30.8 Å². The topological polar surface area (TPSA) is 119 Å². The largest absolute Gasteiger partial charge is 0.481 e. The first kappa shape index (κ1) is 25.8. The molecular weight excluding hydrogens is 509 g/mol. The molecule has 2 aliphatic rings. The van der Waals surface area contributed by atoms with Crippen LogP contribution in [-0.2, 0) is 33.7 Å². The van der Waals surface area contributed by atoms with Crippen molar-refractivity contribution in [3.8, 4) is 0 Å². The molecule has 0 radical (unpaired) electrons. The van der Waals surface area contributed by atoms with E-state index in [1.807, 2.05) is 11.6 Å². The van der Waals surface area contributed by atoms with Gasteiger partial charge in [-0.3, -0.25) is 14.5 Å². The number of amidine groups is 1. The SMILES string of the molecule is CCOC(=O)C1=C(C2CCc3nn(CCC(=O)O)cc3C2)NC(c2nccs2)=NC1c1cccc(F)c1C. The van der Waals surface area contributed by atoms with Crippen LogP contribution in [0.15, 0.2) is 52.2 Å². The number of esters is 1. The molecule has 0 saturated carbocycles. The predicted molar refractivity (Wildman–Crippen MR) is 139 cm³/mol. The number of nitrogens with one attached hydrogen (secondary N) is 1. The number of allylic oxidation sites excluding steroid dienone is 1. The van der Waals surface area contributed by atoms with Gasteiger partial charge in [-0.1, -0.05) is 12.1 Å². The van der Waals surface area contributed by atoms with Gasteiger partial charge in [-0.25, -0.2) is 14.2 Å². The Morgan fingerprint density at radius 1 is 1.34 bits per heavy atom. The molecule has 3 heterocycles. The number of aliphatic imine (C=N–C) groups is 1. The third kappa shape index (κ3) is 5.10. The van der Waals surface area contributed by atoms with E-state index in [9.17, 15) is 14.0 Å². The Bertz CT molecular complexity index is 1430. The van der Waals surface area contributed by atoms with Gasteiger partial charge in [-0.05, 0) is 55.9 Å². The van der Waals surface area contributed by atoms with Crippen LogP contribution in [0.5, 0.6) is 0 Å². The van der Waals surface area contributed by atoms with Crippen LogP contribution in [0.25, 0.3) is 0 Å². The molecule has 2 atom stereocenters. The first-order valence-corrected chi connectivity index (χ1v) is 13.4. The van der Waals surface area contributed by atoms with Crippen LogP contribution >= 0.6 is 11.3 Å². The molecule has 38 heavy (non-hydrogen) atoms. The molecule has 1 aliphatic heterocycles. The third-order valence-electron chi connectivity index (χ3n) is 6.89. The van der Waals surface area contributed by atoms with Crippen molar-refractivity contribution < 1.29 is 23.8 Å². The van der Waals surface area contributed by atoms with Gasteiger partial charge in [-0.2, -0.15) is 5.10 Å². The maximum Gasteiger partial charge on any atom is 0.338 e. The van der Waals surface area contributed by atoms with Crippen LogP contribution in [0.2, 0.25) is 0 Å². The summed E-state index contributed by atoms with van der Waals surface area (Å²) >= 11 is 1.42. The smallest absolute Gasteiger partial charge is 0.338 e. The highest BCUT2D eigenvalue weighted by Crippen LogP contribution is 2.40. The maximum absolute atomic E-state index is 14.7. The molecule has 1 aromatic carbocycles. The zero-order chi connectivity index (χ0) is 26.8. The third-order valence-corrected chi connectivity index (χ3v) is 7.67. The van der Waals surface area contributed by atoms with E-state index in [0.29, 0.717) is 59.0 Å². The second-order valence-electron chi connectivity index (χ2n) is 9.29. The first-order chi connectivity index (χ1) is 18.4. The molecule has 198 valence electrons. The van der Waals surface area contributed by atoms with Gasteiger partial charge in [0.2, 0.25) is 0 Å². The molecule has 0 saturated heterocycles. The van der Waals surface area contributed by atoms with E-state index in [4.69, 9.17) is 14.8 Å². The number of thiazole rings is 1. The Balaban J connectivity index is 1.59. The summed E-state index contributed by atoms with van der Waals surface area (Å²) in [5, 5.41) is 19.5. The highest BCUT2D eigenvalue weighted by molar-refractivity contribution is 7.11. The lowest BCUT2D eigenvalue weighted by Gasteiger charge is -2.33. The van der Waals surface area contributed by atoms with Gasteiger partial charge < -0.3 is 15.2 Å². The molecule has 2 aromatic heterocycles. The van der Waals surface area contributed by atoms with Crippen LogP contribution in [-0.4, -0.2) is 44.3 Å². The predicted octanol–water partition coefficient (Wildman–Crippen LogP) is 3.98. The highest BCUT2D eigenvalue weighted by Gasteiger charge is 2.38. The Morgan fingerprint density at radius 3 is 2.92 bits per heavy atom. The molecule has 0 bridgehead atoms. The van der Waals surface area contributed by atoms with Crippen molar-refractivity contribution in [1.29, 1.82) is 0 Å². The quantitative estimate of drug-likeness (QED) is 0.417. The summed E-state index contributed by atoms with van der Waals surface area (Å²) in [7, 11) is 0. The van der Waals surface area contributed by atoms with E-state index in [1.54, 1.807) is 36.9 Å². The van der Waals surface area contributed by atoms with Gasteiger partial charge in [0.1, 0.15) is 11.9 Å². The van der Waals surface area contributed by atoms with Crippen LogP contribution in [0.1, 0.15) is 53.2 Å². The van der Waals surface area contributed by atoms with Gasteiger partial charge in [0, 0.05) is 29.4 Å². The van der Waals surface area contributed by atoms with E-state index < -0.39 is 18.0 Å². The Labute approximate surface area is 223 Å². The second kappa shape index (κ2) is 10.9. The van der Waals surface area contributed by atoms with Crippen molar-refractivity contribution in [3.05, 3.63) is 80.5 Å². The maximum atomic E-state index is 14.7. The minimum absolute atomic E-state index is 0.00793. The number of nitrogens with zero attached hydrogens (tertiary/aromatic N) is 4. The fourth-order valence-corrected chi connectivity index (χ4v) is 5.64. The van der Waals surface area contributed by atoms with Crippen molar-refractivity contribution in [2.75, 3.05) is 6.61 Å². The lowest BCUT2D eigenvalue weighted by molar-refractivity contribution is -0.139. The number of aliphatic carboxylic acids is 1. The van der Waals surface area contributed by atoms with Gasteiger partial charge in [0.25, 0.3) is 0 Å². The van der Waals surface area contributed by atoms with Gasteiger partial charge in [0.15, 0.2) is 10.8 Å². The van der Waals surface area contributed by atoms with Crippen molar-refractivity contribution in [2.24, 2.45) is 10.9 Å². The number of rotatable bonds is 8. The average molecular weight is 538 g/mol. The molecule has 9 nitrogen and oxygen atoms in total. The number of carbonyl (C=O) groups is 2. The Morgan fingerprint density at radius 2 is 2.18 bits per heavy atom. The van der Waals surface area contributed by atoms with Crippen LogP contribution < -0.4 is 5.32 Å². The number of ether oxygens (including phenoxy) is 1. The number of hydrogen-bond donors (Lipinski definition) is 2. The molecule has 11 heteroatoms. The van der Waals surface area contributed by atoms with Gasteiger partial charge >= 0.3 is 11.9 Å². The number of halogens is 1. The van der Waals surface area contributed by atoms with Crippen LogP contribution in [0.4, 0.5) is 4.39 Å². The second-order valence-corrected chi connectivity index (χ2v) is 10.2. The highest BCUT2D eigenvalue weighted by atomic mass is 32.1. The number of carboxylic acid groups (broad SMARTS) is 1. The lowest BCUT2D eigenvalue weighted by Crippen LogP contribution is -2.38. The minimum Gasteiger partial charge on any atom is -0.481 e. The summed E-state index contributed by atoms with van der Waals surface area (Å²) in [4.78, 5) is 33.8. The molecule has 3 aromatic rings. The zero-order valence-electron chi connectivity index (χ0n) is 21.1. The van der Waals surface area contributed by atoms with Crippen molar-refractivity contribution >= 4 is 29.1 Å². The molecule has 2 unspecified atom stereocenters. The number of hydrogen-bond acceptors (Lipinski definition) is 8. The normalized spacial score (nSPS) is 19.0. The number of aromatic nitrogens is 3. The fraction of sp³-hybridized carbons (Fsp3) is 0.370. The molecule has 0 spiro atoms. The van der Waals surface area contributed by atoms with Crippen molar-refractivity contribution in [1.82, 2.24) is 20.1 Å². The molecule has 0 amide bonds. The number of benzene rings is 1. The summed E-state index contributed by atoms with van der Waals surface area (Å²) < 4.78 is 21.8. The zero-order valence-corrected chi connectivity index (χ0v) is 21.9. The fourth-order valence-electron chi connectivity index (χ4n) is 5.05. The van der Waals surface area contributed by atoms with Crippen LogP contribution in [0.3, 0.4) is 0 Å². The minimum atomic E-state index is -0.875. The summed E-state index contributed by atoms with van der Waals surface area (Å²) in [5.74, 6) is -1.29. The van der Waals surface area contributed by atoms with Crippen molar-refractivity contribution in [2.45, 2.75) is 52.1 Å². The molecule has 5 rings (SSSR count). The summed E-state index contributed by atoms with van der Waals surface area (Å²) in [6, 6.07) is 4.04. The molecule has 2 N–H and O–H groups in total. The van der Waals surface area contributed by atoms with E-state index in [1.165, 1.54) is 17.4 Å². The number of fused-ring (bicyclic) bond motifs is 1. The Kier molecular flexibility index (Phi) is 7.37. The average Bonchev–Trinajstić information content (AvgIpc) is 3.58. The summed E-state index contributed by atoms with van der Waals surface area (Å²) in [5.41, 5.74) is 4.04. The van der Waals surface area contributed by atoms with Crippen molar-refractivity contribution in [3.63, 3.8) is 0 Å². The number of aryl methyl sites for hydroxylation is 2.